The number of hydrogen-bond acceptors (Lipinski definition) is 11. The van der Waals surface area contributed by atoms with E-state index in [1.54, 1.807) is 0 Å². The van der Waals surface area contributed by atoms with Crippen molar-refractivity contribution in [1.29, 1.82) is 0 Å². The van der Waals surface area contributed by atoms with Crippen LogP contribution in [0.5, 0.6) is 0 Å². The van der Waals surface area contributed by atoms with Crippen molar-refractivity contribution in [3.8, 4) is 0 Å². The number of thiocarbonyl (C=S) groups is 1. The molecule has 6 atom stereocenters. The zero-order valence-corrected chi connectivity index (χ0v) is 47.1. The molecule has 0 spiro atoms. The van der Waals surface area contributed by atoms with Gasteiger partial charge in [0.15, 0.2) is 11.1 Å². The normalized spacial score (nSPS) is 20.3. The molecule has 0 radical (unpaired) electrons. The summed E-state index contributed by atoms with van der Waals surface area (Å²) in [6, 6.07) is -6.24. The maximum atomic E-state index is 14.4. The highest BCUT2D eigenvalue weighted by Gasteiger charge is 2.33. The number of aliphatic hydroxyl groups excluding tert-OH is 1. The lowest BCUT2D eigenvalue weighted by Crippen LogP contribution is -2.59. The molecule has 1 aliphatic rings. The summed E-state index contributed by atoms with van der Waals surface area (Å²) in [5, 5.41) is 36.4. The summed E-state index contributed by atoms with van der Waals surface area (Å²) in [6.45, 7) is 6.78. The lowest BCUT2D eigenvalue weighted by atomic mass is 10.0. The Balaban J connectivity index is 3.31. The first-order valence-corrected chi connectivity index (χ1v) is 28.9. The molecule has 436 valence electrons. The molecule has 3 unspecified atom stereocenters. The lowest BCUT2D eigenvalue weighted by Gasteiger charge is -2.27. The maximum Gasteiger partial charge on any atom is 0.243 e. The Labute approximate surface area is 458 Å². The summed E-state index contributed by atoms with van der Waals surface area (Å²) in [5.41, 5.74) is 16.6. The summed E-state index contributed by atoms with van der Waals surface area (Å²) in [7, 11) is 0. The van der Waals surface area contributed by atoms with Crippen LogP contribution < -0.4 is 65.1 Å². The van der Waals surface area contributed by atoms with Crippen LogP contribution in [0.15, 0.2) is 4.99 Å². The van der Waals surface area contributed by atoms with E-state index in [9.17, 15) is 43.5 Å². The SMILES string of the molecule is CCCCCCCCCCCCCCNC(=S)NCCCCC1NC(=O)[C@H](CCCN=C(N)N)NC(=O)C(NC(C)=O)CCCCNC(=O)CCCCCCC(=O)NCCCCC(C(=O)N[C@H](C(N)=O)[C@@H](C)O)NC1=O. The van der Waals surface area contributed by atoms with Crippen LogP contribution in [0.4, 0.5) is 0 Å². The van der Waals surface area contributed by atoms with Gasteiger partial charge in [0.05, 0.1) is 6.10 Å². The Kier molecular flexibility index (Phi) is 39.5. The standard InChI is InChI=1S/C53H99N13O9S/c1-4-5-6-7-8-9-10-11-12-13-16-22-35-60-53(76)61-36-25-21-28-41-49(73)64-42(51(75)66-46(38(2)67)47(54)71)29-20-24-34-58-45(70)32-18-15-14-17-31-44(69)57-33-23-19-27-40(62-39(3)68)48(72)65-43(50(74)63-41)30-26-37-59-52(55)56/h38,40-43,46,67H,4-37H2,1-3H3,(H2,54,71)(H,57,69)(H,58,70)(H,62,68)(H,63,74)(H,64,73)(H,65,72)(H,66,75)(H4,55,56,59)(H2,60,61,76)/t38-,40?,41?,42?,43+,46+/m1/s1. The molecule has 23 heteroatoms. The van der Waals surface area contributed by atoms with E-state index in [-0.39, 0.29) is 56.4 Å². The predicted molar refractivity (Wildman–Crippen MR) is 301 cm³/mol. The number of nitrogens with two attached hydrogens (primary N) is 3. The third-order valence-electron chi connectivity index (χ3n) is 13.2. The van der Waals surface area contributed by atoms with Gasteiger partial charge in [-0.25, -0.2) is 0 Å². The molecule has 22 nitrogen and oxygen atoms in total. The van der Waals surface area contributed by atoms with Gasteiger partial charge in [0.1, 0.15) is 30.2 Å². The third-order valence-corrected chi connectivity index (χ3v) is 13.5. The molecule has 0 aliphatic carbocycles. The number of hydrogen-bond donors (Lipinski definition) is 13. The van der Waals surface area contributed by atoms with Crippen LogP contribution in [0, 0.1) is 0 Å². The Morgan fingerprint density at radius 1 is 0.645 bits per heavy atom. The minimum absolute atomic E-state index is 0.0323. The fourth-order valence-electron chi connectivity index (χ4n) is 8.73. The highest BCUT2D eigenvalue weighted by molar-refractivity contribution is 7.80. The number of primary amides is 1. The molecule has 0 aromatic rings. The number of nitrogens with one attached hydrogen (secondary N) is 9. The summed E-state index contributed by atoms with van der Waals surface area (Å²) in [5.74, 6) is -4.76. The fraction of sp³-hybridized carbons (Fsp3) is 0.811. The molecule has 1 heterocycles. The first kappa shape index (κ1) is 68.7. The molecule has 1 aliphatic heterocycles. The number of carbonyl (C=O) groups excluding carboxylic acids is 8. The molecule has 76 heavy (non-hydrogen) atoms. The zero-order chi connectivity index (χ0) is 56.4. The Hall–Kier alpha value is -5.32. The molecule has 1 saturated heterocycles. The van der Waals surface area contributed by atoms with Gasteiger partial charge in [0.25, 0.3) is 0 Å². The van der Waals surface area contributed by atoms with Gasteiger partial charge in [-0.1, -0.05) is 90.4 Å². The topological polar surface area (TPSA) is 355 Å². The maximum absolute atomic E-state index is 14.4. The van der Waals surface area contributed by atoms with Crippen LogP contribution in [-0.4, -0.2) is 132 Å². The largest absolute Gasteiger partial charge is 0.391 e. The van der Waals surface area contributed by atoms with Crippen LogP contribution >= 0.6 is 12.2 Å². The first-order valence-electron chi connectivity index (χ1n) is 28.5. The highest BCUT2D eigenvalue weighted by atomic mass is 32.1. The Morgan fingerprint density at radius 2 is 1.13 bits per heavy atom. The second-order valence-electron chi connectivity index (χ2n) is 20.2. The quantitative estimate of drug-likeness (QED) is 0.0244. The van der Waals surface area contributed by atoms with Gasteiger partial charge in [0, 0.05) is 52.5 Å². The molecule has 0 aromatic carbocycles. The zero-order valence-electron chi connectivity index (χ0n) is 46.3. The smallest absolute Gasteiger partial charge is 0.243 e. The molecule has 1 fully saturated rings. The van der Waals surface area contributed by atoms with Gasteiger partial charge in [-0.2, -0.15) is 0 Å². The van der Waals surface area contributed by atoms with Gasteiger partial charge in [-0.15, -0.1) is 0 Å². The van der Waals surface area contributed by atoms with Crippen molar-refractivity contribution in [3.63, 3.8) is 0 Å². The number of aliphatic hydroxyl groups is 1. The van der Waals surface area contributed by atoms with Crippen LogP contribution in [0.1, 0.15) is 207 Å². The van der Waals surface area contributed by atoms with Crippen molar-refractivity contribution in [1.82, 2.24) is 47.9 Å². The number of nitrogens with zero attached hydrogens (tertiary/aromatic N) is 1. The molecule has 0 bridgehead atoms. The van der Waals surface area contributed by atoms with E-state index in [0.29, 0.717) is 89.0 Å². The molecular weight excluding hydrogens is 995 g/mol. The van der Waals surface area contributed by atoms with Crippen molar-refractivity contribution >= 4 is 70.5 Å². The number of aliphatic imine (C=N–C) groups is 1. The van der Waals surface area contributed by atoms with Crippen molar-refractivity contribution in [2.24, 2.45) is 22.2 Å². The summed E-state index contributed by atoms with van der Waals surface area (Å²) in [6.07, 6.45) is 20.5. The molecule has 1 rings (SSSR count). The number of unbranched alkanes of at least 4 members (excludes halogenated alkanes) is 12. The van der Waals surface area contributed by atoms with Crippen molar-refractivity contribution in [2.75, 3.05) is 32.7 Å². The molecular formula is C53H99N13O9S. The number of guanidine groups is 1. The van der Waals surface area contributed by atoms with Gasteiger partial charge < -0.3 is 70.2 Å². The third kappa shape index (κ3) is 35.8. The average Bonchev–Trinajstić information content (AvgIpc) is 3.36. The minimum Gasteiger partial charge on any atom is -0.391 e. The number of carbonyl (C=O) groups is 8. The fourth-order valence-corrected chi connectivity index (χ4v) is 8.94. The predicted octanol–water partition coefficient (Wildman–Crippen LogP) is 2.61. The first-order chi connectivity index (χ1) is 36.4. The van der Waals surface area contributed by atoms with Gasteiger partial charge >= 0.3 is 0 Å². The van der Waals surface area contributed by atoms with E-state index in [4.69, 9.17) is 29.4 Å². The van der Waals surface area contributed by atoms with Gasteiger partial charge in [-0.05, 0) is 109 Å². The second kappa shape index (κ2) is 43.7. The van der Waals surface area contributed by atoms with E-state index < -0.39 is 71.8 Å². The lowest BCUT2D eigenvalue weighted by molar-refractivity contribution is -0.135. The van der Waals surface area contributed by atoms with Crippen molar-refractivity contribution in [3.05, 3.63) is 0 Å². The monoisotopic (exact) mass is 1090 g/mol. The minimum atomic E-state index is -1.47. The Bertz CT molecular complexity index is 1750. The Morgan fingerprint density at radius 3 is 1.64 bits per heavy atom. The van der Waals surface area contributed by atoms with Gasteiger partial charge in [0.2, 0.25) is 47.3 Å². The van der Waals surface area contributed by atoms with Gasteiger partial charge in [-0.3, -0.25) is 43.3 Å². The van der Waals surface area contributed by atoms with E-state index in [0.717, 1.165) is 32.2 Å². The molecule has 8 amide bonds. The summed E-state index contributed by atoms with van der Waals surface area (Å²) in [4.78, 5) is 110. The molecule has 0 saturated carbocycles. The summed E-state index contributed by atoms with van der Waals surface area (Å²) >= 11 is 5.53. The summed E-state index contributed by atoms with van der Waals surface area (Å²) < 4.78 is 0. The number of amides is 8. The van der Waals surface area contributed by atoms with Crippen LogP contribution in [0.3, 0.4) is 0 Å². The van der Waals surface area contributed by atoms with E-state index >= 15 is 0 Å². The van der Waals surface area contributed by atoms with Crippen LogP contribution in [0.25, 0.3) is 0 Å². The van der Waals surface area contributed by atoms with Crippen LogP contribution in [0.2, 0.25) is 0 Å². The average molecular weight is 1090 g/mol. The molecule has 0 aromatic heterocycles. The molecule has 16 N–H and O–H groups in total. The van der Waals surface area contributed by atoms with Crippen molar-refractivity contribution in [2.45, 2.75) is 243 Å². The van der Waals surface area contributed by atoms with E-state index in [1.807, 2.05) is 0 Å². The van der Waals surface area contributed by atoms with E-state index in [2.05, 4.69) is 59.8 Å². The second-order valence-corrected chi connectivity index (χ2v) is 20.6. The number of rotatable bonds is 27. The van der Waals surface area contributed by atoms with E-state index in [1.165, 1.54) is 78.1 Å². The highest BCUT2D eigenvalue weighted by Crippen LogP contribution is 2.13. The van der Waals surface area contributed by atoms with Crippen molar-refractivity contribution < 1.29 is 43.5 Å². The van der Waals surface area contributed by atoms with Crippen LogP contribution in [-0.2, 0) is 38.4 Å².